The molecule has 1 N–H and O–H groups in total. The third-order valence-electron chi connectivity index (χ3n) is 7.84. The molecule has 0 saturated carbocycles. The molecule has 0 atom stereocenters. The molecule has 0 aromatic heterocycles. The Morgan fingerprint density at radius 3 is 1.91 bits per heavy atom. The van der Waals surface area contributed by atoms with E-state index in [1.165, 1.54) is 50.8 Å². The number of nitrogens with zero attached hydrogens (tertiary/aromatic N) is 2. The van der Waals surface area contributed by atoms with Gasteiger partial charge in [0.2, 0.25) is 0 Å². The summed E-state index contributed by atoms with van der Waals surface area (Å²) >= 11 is -1.94. The summed E-state index contributed by atoms with van der Waals surface area (Å²) in [5.41, 5.74) is 12.7. The van der Waals surface area contributed by atoms with Crippen LogP contribution in [0, 0.1) is 48.2 Å². The molecule has 2 radical (unpaired) electrons. The average Bonchev–Trinajstić information content (AvgIpc) is 3.43. The molecule has 0 spiro atoms. The summed E-state index contributed by atoms with van der Waals surface area (Å²) in [7, 11) is 13.0. The average molecular weight is 785 g/mol. The van der Waals surface area contributed by atoms with Gasteiger partial charge in [-0.3, -0.25) is 0 Å². The first-order valence-electron chi connectivity index (χ1n) is 16.3. The molecule has 258 valence electrons. The molecule has 5 nitrogen and oxygen atoms in total. The smallest absolute Gasteiger partial charge is 0.0146 e. The van der Waals surface area contributed by atoms with Crippen molar-refractivity contribution >= 4 is 50.9 Å². The van der Waals surface area contributed by atoms with Gasteiger partial charge in [0.15, 0.2) is 0 Å². The summed E-state index contributed by atoms with van der Waals surface area (Å²) < 4.78 is 11.8. The summed E-state index contributed by atoms with van der Waals surface area (Å²) in [6, 6.07) is 16.1. The van der Waals surface area contributed by atoms with Crippen molar-refractivity contribution in [3.05, 3.63) is 93.6 Å². The first kappa shape index (κ1) is 39.3. The zero-order valence-electron chi connectivity index (χ0n) is 29.5. The van der Waals surface area contributed by atoms with Gasteiger partial charge >= 0.3 is 154 Å². The second-order valence-electron chi connectivity index (χ2n) is 12.6. The van der Waals surface area contributed by atoms with E-state index in [4.69, 9.17) is 24.1 Å². The number of hydrogen-bond donors (Lipinski definition) is 0. The number of aliphatic hydroxyl groups is 1. The fourth-order valence-corrected chi connectivity index (χ4v) is 8.55. The molecule has 1 aliphatic heterocycles. The number of halogens is 2. The maximum absolute atomic E-state index is 11.8. The molecule has 1 fully saturated rings. The minimum absolute atomic E-state index is 0.141. The normalized spacial score (nSPS) is 13.0. The summed E-state index contributed by atoms with van der Waals surface area (Å²) in [6.45, 7) is 24.1. The van der Waals surface area contributed by atoms with E-state index in [-0.39, 0.29) is 18.7 Å². The Balaban J connectivity index is 0.000000255. The van der Waals surface area contributed by atoms with Crippen molar-refractivity contribution in [2.45, 2.75) is 100.0 Å². The molecule has 0 bridgehead atoms. The van der Waals surface area contributed by atoms with Crippen LogP contribution < -0.4 is 9.80 Å². The Kier molecular flexibility index (Phi) is 16.0. The van der Waals surface area contributed by atoms with E-state index in [0.29, 0.717) is 6.42 Å². The summed E-state index contributed by atoms with van der Waals surface area (Å²) in [5.74, 6) is 0.735. The zero-order chi connectivity index (χ0) is 34.7. The molecular weight excluding hydrogens is 732 g/mol. The molecular formula is C38H52Cl2N2O3RuSi. The standard InChI is InChI=1S/C21H27N2.C17H24O3Si.2ClH.Ru/c1-14-9-16(3)20(17(4)10-14)22-7-8-23(13-22)21-18(5)11-15(2)12-19(21)6;1-13(2)20-16-9-8-15(11-14(16)3)12-19-17(18)7-5-6-10-21-4;;;/h9-13H,7-8H2,1-6H3;3,8-9,11,13H,5-7,10,12H2,1-2,4H3;2*1H;/q-1;;;;+2/p-1. The van der Waals surface area contributed by atoms with E-state index in [1.807, 2.05) is 36.7 Å². The fourth-order valence-electron chi connectivity index (χ4n) is 6.15. The topological polar surface area (TPSA) is 45.6 Å². The van der Waals surface area contributed by atoms with Crippen LogP contribution >= 0.6 is 19.4 Å². The van der Waals surface area contributed by atoms with Crippen molar-refractivity contribution in [2.24, 2.45) is 0 Å². The third-order valence-corrected chi connectivity index (χ3v) is 10.5. The number of rotatable bonds is 12. The van der Waals surface area contributed by atoms with Crippen molar-refractivity contribution in [1.29, 1.82) is 0 Å². The molecule has 4 rings (SSSR count). The van der Waals surface area contributed by atoms with E-state index < -0.39 is 13.5 Å². The maximum Gasteiger partial charge on any atom is 0.0146 e. The van der Waals surface area contributed by atoms with Gasteiger partial charge in [-0.05, 0) is 63.8 Å². The van der Waals surface area contributed by atoms with Gasteiger partial charge in [-0.15, -0.1) is 0 Å². The molecule has 1 aliphatic rings. The van der Waals surface area contributed by atoms with Crippen molar-refractivity contribution in [2.75, 3.05) is 22.9 Å². The number of unbranched alkanes of at least 4 members (excludes halogenated alkanes) is 1. The minimum atomic E-state index is -1.94. The number of anilines is 2. The first-order valence-corrected chi connectivity index (χ1v) is 23.5. The van der Waals surface area contributed by atoms with Crippen molar-refractivity contribution in [3.8, 4) is 5.75 Å². The molecule has 0 amide bonds. The van der Waals surface area contributed by atoms with Gasteiger partial charge in [-0.2, -0.15) is 6.67 Å². The van der Waals surface area contributed by atoms with E-state index in [0.717, 1.165) is 52.3 Å². The Bertz CT molecular complexity index is 1430. The van der Waals surface area contributed by atoms with Crippen LogP contribution in [0.4, 0.5) is 11.4 Å². The van der Waals surface area contributed by atoms with Crippen molar-refractivity contribution < 1.29 is 27.8 Å². The van der Waals surface area contributed by atoms with Gasteiger partial charge in [-0.1, -0.05) is 41.9 Å². The van der Waals surface area contributed by atoms with Crippen LogP contribution in [0.5, 0.6) is 5.75 Å². The molecule has 1 saturated heterocycles. The third kappa shape index (κ3) is 12.3. The molecule has 3 aromatic carbocycles. The summed E-state index contributed by atoms with van der Waals surface area (Å²) in [5, 5.41) is 0. The number of aromatic hydroxyl groups is 1. The number of hydrogen-bond acceptors (Lipinski definition) is 4. The number of benzene rings is 3. The Morgan fingerprint density at radius 2 is 1.45 bits per heavy atom. The van der Waals surface area contributed by atoms with Gasteiger partial charge in [-0.25, -0.2) is 0 Å². The summed E-state index contributed by atoms with van der Waals surface area (Å²) in [4.78, 5) is 16.6. The Hall–Kier alpha value is -2.18. The molecule has 47 heavy (non-hydrogen) atoms. The Morgan fingerprint density at radius 1 is 0.915 bits per heavy atom. The SMILES string of the molecule is C[Si]CCCCC(=O)OCc1ccc([OH+]C(C)C)c([CH]=[Ru]([Cl])[Cl])c1.Cc1cc(C)c(N2[CH-]N(c3c(C)cc(C)cc3C)CC2)c(C)c1. The van der Waals surface area contributed by atoms with E-state index in [1.54, 1.807) is 0 Å². The van der Waals surface area contributed by atoms with Gasteiger partial charge in [0, 0.05) is 24.5 Å². The summed E-state index contributed by atoms with van der Waals surface area (Å²) in [6.07, 6.45) is 2.67. The monoisotopic (exact) mass is 784 g/mol. The van der Waals surface area contributed by atoms with E-state index >= 15 is 0 Å². The van der Waals surface area contributed by atoms with Gasteiger partial charge in [0.25, 0.3) is 0 Å². The predicted molar refractivity (Wildman–Crippen MR) is 200 cm³/mol. The van der Waals surface area contributed by atoms with Crippen LogP contribution in [0.2, 0.25) is 12.6 Å². The van der Waals surface area contributed by atoms with Gasteiger partial charge in [0.05, 0.1) is 0 Å². The maximum atomic E-state index is 11.8. The molecule has 3 aromatic rings. The van der Waals surface area contributed by atoms with Crippen molar-refractivity contribution in [1.82, 2.24) is 0 Å². The van der Waals surface area contributed by atoms with Gasteiger partial charge in [0.1, 0.15) is 0 Å². The van der Waals surface area contributed by atoms with E-state index in [2.05, 4.69) is 93.6 Å². The number of esters is 1. The number of ether oxygens (including phenoxy) is 2. The molecule has 0 aliphatic carbocycles. The quantitative estimate of drug-likeness (QED) is 0.0604. The molecule has 1 heterocycles. The van der Waals surface area contributed by atoms with Crippen LogP contribution in [0.1, 0.15) is 77.6 Å². The predicted octanol–water partition coefficient (Wildman–Crippen LogP) is 9.78. The van der Waals surface area contributed by atoms with Crippen LogP contribution in [-0.4, -0.2) is 44.0 Å². The molecule has 0 unspecified atom stereocenters. The Labute approximate surface area is 299 Å². The van der Waals surface area contributed by atoms with Crippen LogP contribution in [0.15, 0.2) is 42.5 Å². The fraction of sp³-hybridized carbons (Fsp3) is 0.447. The number of carbonyl (C=O) groups excluding carboxylic acids is 1. The largest absolute Gasteiger partial charge is 0.502 e. The number of aryl methyl sites for hydroxylation is 6. The second kappa shape index (κ2) is 19.1. The van der Waals surface area contributed by atoms with Crippen LogP contribution in [0.3, 0.4) is 0 Å². The zero-order valence-corrected chi connectivity index (χ0v) is 33.7. The van der Waals surface area contributed by atoms with Crippen LogP contribution in [-0.2, 0) is 29.7 Å². The first-order chi connectivity index (χ1) is 22.3. The molecule has 9 heteroatoms. The second-order valence-corrected chi connectivity index (χ2v) is 19.6. The van der Waals surface area contributed by atoms with Crippen LogP contribution in [0.25, 0.3) is 0 Å². The van der Waals surface area contributed by atoms with E-state index in [9.17, 15) is 4.79 Å². The van der Waals surface area contributed by atoms with Crippen molar-refractivity contribution in [3.63, 3.8) is 0 Å². The minimum Gasteiger partial charge on any atom is -0.502 e. The van der Waals surface area contributed by atoms with Gasteiger partial charge < -0.3 is 9.80 Å². The number of carbonyl (C=O) groups is 1.